The van der Waals surface area contributed by atoms with E-state index in [1.165, 1.54) is 5.56 Å². The summed E-state index contributed by atoms with van der Waals surface area (Å²) in [7, 11) is 3.55. The number of likely N-dealkylation sites (tertiary alicyclic amines) is 1. The summed E-state index contributed by atoms with van der Waals surface area (Å²) in [5.41, 5.74) is 5.21. The van der Waals surface area contributed by atoms with Gasteiger partial charge in [0.25, 0.3) is 5.91 Å². The van der Waals surface area contributed by atoms with Crippen LogP contribution in [0, 0.1) is 0 Å². The van der Waals surface area contributed by atoms with Crippen molar-refractivity contribution in [1.82, 2.24) is 34.6 Å². The van der Waals surface area contributed by atoms with Gasteiger partial charge in [0.1, 0.15) is 23.2 Å². The topological polar surface area (TPSA) is 149 Å². The molecule has 4 aromatic rings. The van der Waals surface area contributed by atoms with Crippen LogP contribution < -0.4 is 20.4 Å². The summed E-state index contributed by atoms with van der Waals surface area (Å²) in [6, 6.07) is 12.2. The van der Waals surface area contributed by atoms with Crippen LogP contribution in [0.2, 0.25) is 0 Å². The van der Waals surface area contributed by atoms with Gasteiger partial charge < -0.3 is 19.7 Å². The molecule has 2 aliphatic carbocycles. The zero-order valence-electron chi connectivity index (χ0n) is 30.6. The second-order valence-corrected chi connectivity index (χ2v) is 16.2. The van der Waals surface area contributed by atoms with E-state index in [1.54, 1.807) is 30.1 Å². The molecule has 6 aliphatic rings. The van der Waals surface area contributed by atoms with Crippen molar-refractivity contribution in [2.24, 2.45) is 0 Å². The van der Waals surface area contributed by atoms with Crippen molar-refractivity contribution in [2.75, 3.05) is 55.4 Å². The van der Waals surface area contributed by atoms with Gasteiger partial charge in [-0.25, -0.2) is 9.97 Å². The smallest absolute Gasteiger partial charge is 0.270 e. The van der Waals surface area contributed by atoms with E-state index in [4.69, 9.17) is 4.98 Å². The predicted octanol–water partition coefficient (Wildman–Crippen LogP) is 3.86. The van der Waals surface area contributed by atoms with Crippen LogP contribution in [-0.4, -0.2) is 105 Å². The largest absolute Gasteiger partial charge is 0.367 e. The summed E-state index contributed by atoms with van der Waals surface area (Å²) in [4.78, 5) is 73.8. The highest BCUT2D eigenvalue weighted by atomic mass is 16.2. The van der Waals surface area contributed by atoms with Crippen LogP contribution >= 0.6 is 0 Å². The van der Waals surface area contributed by atoms with Gasteiger partial charge in [-0.3, -0.25) is 34.3 Å². The molecule has 1 spiro atoms. The Morgan fingerprint density at radius 1 is 0.944 bits per heavy atom. The molecule has 1 unspecified atom stereocenters. The fourth-order valence-electron chi connectivity index (χ4n) is 9.55. The van der Waals surface area contributed by atoms with Gasteiger partial charge in [-0.05, 0) is 67.5 Å². The molecule has 14 heteroatoms. The third-order valence-corrected chi connectivity index (χ3v) is 12.7. The van der Waals surface area contributed by atoms with Crippen molar-refractivity contribution >= 4 is 57.8 Å². The van der Waals surface area contributed by atoms with E-state index in [9.17, 15) is 19.2 Å². The lowest BCUT2D eigenvalue weighted by Gasteiger charge is -2.53. The lowest BCUT2D eigenvalue weighted by Crippen LogP contribution is -2.64. The number of benzene rings is 1. The van der Waals surface area contributed by atoms with Crippen LogP contribution in [0.1, 0.15) is 84.9 Å². The highest BCUT2D eigenvalue weighted by Gasteiger charge is 2.62. The number of imide groups is 1. The summed E-state index contributed by atoms with van der Waals surface area (Å²) < 4.78 is 2.11. The number of hydrogen-bond donors (Lipinski definition) is 2. The van der Waals surface area contributed by atoms with E-state index in [1.807, 2.05) is 30.5 Å². The molecule has 4 aliphatic heterocycles. The Hall–Kier alpha value is -5.37. The number of carbonyl (C=O) groups is 4. The average molecular weight is 729 g/mol. The van der Waals surface area contributed by atoms with Crippen LogP contribution in [0.25, 0.3) is 11.0 Å². The van der Waals surface area contributed by atoms with E-state index >= 15 is 0 Å². The molecule has 2 N–H and O–H groups in total. The number of nitrogens with one attached hydrogen (secondary N) is 2. The number of carbonyl (C=O) groups excluding carboxylic acids is 4. The highest BCUT2D eigenvalue weighted by molar-refractivity contribution is 6.15. The zero-order valence-corrected chi connectivity index (χ0v) is 30.6. The van der Waals surface area contributed by atoms with Gasteiger partial charge in [0.05, 0.1) is 17.3 Å². The summed E-state index contributed by atoms with van der Waals surface area (Å²) in [5, 5.41) is 6.57. The Morgan fingerprint density at radius 3 is 2.44 bits per heavy atom. The van der Waals surface area contributed by atoms with Crippen LogP contribution in [-0.2, 0) is 19.8 Å². The molecule has 5 fully saturated rings. The summed E-state index contributed by atoms with van der Waals surface area (Å²) in [6.07, 6.45) is 10.3. The fourth-order valence-corrected chi connectivity index (χ4v) is 9.55. The molecule has 2 saturated carbocycles. The van der Waals surface area contributed by atoms with Crippen LogP contribution in [0.3, 0.4) is 0 Å². The van der Waals surface area contributed by atoms with E-state index < -0.39 is 11.5 Å². The van der Waals surface area contributed by atoms with Crippen molar-refractivity contribution in [3.05, 3.63) is 65.6 Å². The maximum atomic E-state index is 13.8. The SMILES string of the molecule is CN(C)C(=O)c1cc2cnc(Nc3ccc(N4CC(N5CC(c6cccc7c6C6(CC6)C(=O)N7C6CCC(=O)NC6=O)C5)C4)cn3)nc2n1C1CCCC1. The quantitative estimate of drug-likeness (QED) is 0.256. The molecule has 3 saturated heterocycles. The second-order valence-electron chi connectivity index (χ2n) is 16.2. The molecule has 278 valence electrons. The Morgan fingerprint density at radius 2 is 1.74 bits per heavy atom. The summed E-state index contributed by atoms with van der Waals surface area (Å²) >= 11 is 0. The number of amides is 4. The molecular weight excluding hydrogens is 685 g/mol. The first-order valence-electron chi connectivity index (χ1n) is 19.3. The minimum atomic E-state index is -0.630. The van der Waals surface area contributed by atoms with Gasteiger partial charge in [-0.2, -0.15) is 4.98 Å². The van der Waals surface area contributed by atoms with Gasteiger partial charge in [0, 0.05) is 82.0 Å². The Kier molecular flexibility index (Phi) is 7.59. The van der Waals surface area contributed by atoms with Crippen LogP contribution in [0.4, 0.5) is 23.1 Å². The van der Waals surface area contributed by atoms with E-state index in [2.05, 4.69) is 47.1 Å². The minimum absolute atomic E-state index is 0.0232. The first kappa shape index (κ1) is 33.2. The van der Waals surface area contributed by atoms with Gasteiger partial charge in [-0.15, -0.1) is 0 Å². The van der Waals surface area contributed by atoms with E-state index in [0.29, 0.717) is 35.8 Å². The molecule has 10 rings (SSSR count). The molecule has 1 aromatic carbocycles. The van der Waals surface area contributed by atoms with Crippen molar-refractivity contribution < 1.29 is 19.2 Å². The van der Waals surface area contributed by atoms with Gasteiger partial charge in [0.2, 0.25) is 23.7 Å². The molecule has 3 aromatic heterocycles. The number of anilines is 4. The summed E-state index contributed by atoms with van der Waals surface area (Å²) in [6.45, 7) is 3.73. The number of pyridine rings is 1. The predicted molar refractivity (Wildman–Crippen MR) is 202 cm³/mol. The monoisotopic (exact) mass is 728 g/mol. The van der Waals surface area contributed by atoms with Crippen molar-refractivity contribution in [3.8, 4) is 0 Å². The number of hydrogen-bond acceptors (Lipinski definition) is 10. The third kappa shape index (κ3) is 5.20. The first-order valence-corrected chi connectivity index (χ1v) is 19.3. The number of fused-ring (bicyclic) bond motifs is 3. The average Bonchev–Trinajstić information content (AvgIpc) is 3.45. The number of piperidine rings is 1. The van der Waals surface area contributed by atoms with Gasteiger partial charge >= 0.3 is 0 Å². The maximum absolute atomic E-state index is 13.8. The lowest BCUT2D eigenvalue weighted by atomic mass is 9.81. The molecule has 0 bridgehead atoms. The number of aromatic nitrogens is 4. The van der Waals surface area contributed by atoms with Crippen molar-refractivity contribution in [1.29, 1.82) is 0 Å². The standard InChI is InChI=1S/C40H44N10O4/c1-46(2)37(53)31-16-23-17-42-39(45-35(23)49(31)25-6-3-4-7-25)43-32-12-10-26(18-41-32)48-21-27(22-48)47-19-24(20-47)28-8-5-9-29-34(28)40(14-15-40)38(54)50(29)30-11-13-33(51)44-36(30)52/h5,8-10,12,16-18,24-25,27,30H,3-4,6-7,11,13-15,19-22H2,1-2H3,(H,44,51,52)(H,41,42,43,45). The molecule has 4 amide bonds. The van der Waals surface area contributed by atoms with Crippen molar-refractivity contribution in [2.45, 2.75) is 80.8 Å². The molecule has 1 atom stereocenters. The molecule has 54 heavy (non-hydrogen) atoms. The Balaban J connectivity index is 0.782. The minimum Gasteiger partial charge on any atom is -0.367 e. The Bertz CT molecular complexity index is 2210. The van der Waals surface area contributed by atoms with Crippen LogP contribution in [0.5, 0.6) is 0 Å². The Labute approximate surface area is 312 Å². The zero-order chi connectivity index (χ0) is 36.9. The maximum Gasteiger partial charge on any atom is 0.270 e. The van der Waals surface area contributed by atoms with Crippen LogP contribution in [0.15, 0.2) is 48.8 Å². The first-order chi connectivity index (χ1) is 26.2. The lowest BCUT2D eigenvalue weighted by molar-refractivity contribution is -0.135. The molecule has 14 nitrogen and oxygen atoms in total. The third-order valence-electron chi connectivity index (χ3n) is 12.7. The van der Waals surface area contributed by atoms with Gasteiger partial charge in [0.15, 0.2) is 0 Å². The highest BCUT2D eigenvalue weighted by Crippen LogP contribution is 2.60. The van der Waals surface area contributed by atoms with E-state index in [-0.39, 0.29) is 36.1 Å². The second kappa shape index (κ2) is 12.3. The normalized spacial score (nSPS) is 22.8. The van der Waals surface area contributed by atoms with Crippen molar-refractivity contribution in [3.63, 3.8) is 0 Å². The molecule has 0 radical (unpaired) electrons. The fraction of sp³-hybridized carbons (Fsp3) is 0.475. The molecular formula is C40H44N10O4. The van der Waals surface area contributed by atoms with E-state index in [0.717, 1.165) is 92.7 Å². The van der Waals surface area contributed by atoms with Gasteiger partial charge in [-0.1, -0.05) is 25.0 Å². The number of rotatable bonds is 8. The number of nitrogens with zero attached hydrogens (tertiary/aromatic N) is 8. The molecule has 7 heterocycles. The summed E-state index contributed by atoms with van der Waals surface area (Å²) in [5.74, 6) is 0.799.